The molecule has 0 saturated carbocycles. The van der Waals surface area contributed by atoms with Gasteiger partial charge in [-0.2, -0.15) is 0 Å². The summed E-state index contributed by atoms with van der Waals surface area (Å²) in [6, 6.07) is 0. The number of hydrogen-bond acceptors (Lipinski definition) is 0. The first-order valence-corrected chi connectivity index (χ1v) is 5.25. The molecule has 55 valence electrons. The van der Waals surface area contributed by atoms with Crippen molar-refractivity contribution in [1.82, 2.24) is 0 Å². The molecule has 0 fully saturated rings. The van der Waals surface area contributed by atoms with Crippen LogP contribution < -0.4 is 0 Å². The summed E-state index contributed by atoms with van der Waals surface area (Å²) in [6.07, 6.45) is 6.61. The molecule has 0 aromatic heterocycles. The molecule has 0 atom stereocenters. The topological polar surface area (TPSA) is 0 Å². The third-order valence-corrected chi connectivity index (χ3v) is 2.13. The van der Waals surface area contributed by atoms with E-state index in [4.69, 9.17) is 12.6 Å². The minimum Gasteiger partial charge on any atom is -0.0942 e. The average Bonchev–Trinajstić information content (AvgIpc) is 1.89. The van der Waals surface area contributed by atoms with E-state index in [-0.39, 0.29) is 0 Å². The van der Waals surface area contributed by atoms with Crippen LogP contribution in [0.4, 0.5) is 0 Å². The summed E-state index contributed by atoms with van der Waals surface area (Å²) in [5.41, 5.74) is 0. The van der Waals surface area contributed by atoms with Gasteiger partial charge in [0, 0.05) is 11.1 Å². The molecule has 0 aliphatic rings. The summed E-state index contributed by atoms with van der Waals surface area (Å²) in [6.45, 7) is 0. The highest BCUT2D eigenvalue weighted by Crippen LogP contribution is 2.04. The molecule has 0 rings (SSSR count). The summed E-state index contributed by atoms with van der Waals surface area (Å²) >= 11 is 8.22. The molecule has 0 unspecified atom stereocenters. The van der Waals surface area contributed by atoms with E-state index in [9.17, 15) is 0 Å². The second-order valence-corrected chi connectivity index (χ2v) is 3.36. The van der Waals surface area contributed by atoms with E-state index in [1.807, 2.05) is 0 Å². The number of rotatable bonds is 6. The van der Waals surface area contributed by atoms with Gasteiger partial charge in [0.25, 0.3) is 0 Å². The van der Waals surface area contributed by atoms with Crippen molar-refractivity contribution in [3.63, 3.8) is 0 Å². The molecule has 2 heteroatoms. The Balaban J connectivity index is 2.60. The predicted octanol–water partition coefficient (Wildman–Crippen LogP) is 3.53. The van der Waals surface area contributed by atoms with Gasteiger partial charge in [0.15, 0.2) is 0 Å². The highest BCUT2D eigenvalue weighted by molar-refractivity contribution is 9.09. The summed E-state index contributed by atoms with van der Waals surface area (Å²) in [5.74, 6) is 0.939. The normalized spacial score (nSPS) is 10.0. The van der Waals surface area contributed by atoms with Gasteiger partial charge in [-0.05, 0) is 12.8 Å². The summed E-state index contributed by atoms with van der Waals surface area (Å²) in [4.78, 5) is 0. The Morgan fingerprint density at radius 1 is 0.889 bits per heavy atom. The lowest BCUT2D eigenvalue weighted by molar-refractivity contribution is 0.664. The Hall–Kier alpha value is 0.830. The molecule has 0 bridgehead atoms. The fourth-order valence-electron chi connectivity index (χ4n) is 0.727. The van der Waals surface area contributed by atoms with Crippen molar-refractivity contribution in [1.29, 1.82) is 0 Å². The Labute approximate surface area is 72.0 Å². The standard InChI is InChI=1S/C7H14BrS/c8-6-4-2-1-3-5-7-9/h1-7H2. The zero-order valence-corrected chi connectivity index (χ0v) is 8.14. The molecule has 0 N–H and O–H groups in total. The van der Waals surface area contributed by atoms with Gasteiger partial charge in [-0.3, -0.25) is 0 Å². The highest BCUT2D eigenvalue weighted by Gasteiger charge is 1.86. The van der Waals surface area contributed by atoms with Crippen LogP contribution in [0.15, 0.2) is 0 Å². The molecule has 0 nitrogen and oxygen atoms in total. The molecule has 0 aromatic carbocycles. The minimum atomic E-state index is 0.939. The van der Waals surface area contributed by atoms with Crippen LogP contribution in [-0.2, 0) is 0 Å². The molecule has 0 amide bonds. The number of halogens is 1. The van der Waals surface area contributed by atoms with Crippen molar-refractivity contribution in [3.8, 4) is 0 Å². The predicted molar refractivity (Wildman–Crippen MR) is 49.3 cm³/mol. The van der Waals surface area contributed by atoms with Gasteiger partial charge < -0.3 is 0 Å². The van der Waals surface area contributed by atoms with Crippen LogP contribution in [0.5, 0.6) is 0 Å². The first-order valence-electron chi connectivity index (χ1n) is 3.56. The van der Waals surface area contributed by atoms with Crippen molar-refractivity contribution in [2.24, 2.45) is 0 Å². The molecule has 0 spiro atoms. The van der Waals surface area contributed by atoms with Gasteiger partial charge >= 0.3 is 0 Å². The minimum absolute atomic E-state index is 0.939. The van der Waals surface area contributed by atoms with Gasteiger partial charge in [-0.25, -0.2) is 0 Å². The van der Waals surface area contributed by atoms with Crippen LogP contribution in [0.2, 0.25) is 0 Å². The second-order valence-electron chi connectivity index (χ2n) is 2.16. The molecule has 0 aromatic rings. The molecular weight excluding hydrogens is 196 g/mol. The lowest BCUT2D eigenvalue weighted by atomic mass is 10.2. The van der Waals surface area contributed by atoms with Crippen molar-refractivity contribution in [2.45, 2.75) is 32.1 Å². The zero-order valence-electron chi connectivity index (χ0n) is 5.74. The zero-order chi connectivity index (χ0) is 6.95. The van der Waals surface area contributed by atoms with E-state index in [1.165, 1.54) is 32.1 Å². The van der Waals surface area contributed by atoms with Gasteiger partial charge in [0.1, 0.15) is 0 Å². The van der Waals surface area contributed by atoms with Gasteiger partial charge in [0.05, 0.1) is 0 Å². The van der Waals surface area contributed by atoms with E-state index in [1.54, 1.807) is 0 Å². The van der Waals surface area contributed by atoms with Gasteiger partial charge in [-0.1, -0.05) is 47.8 Å². The third-order valence-electron chi connectivity index (χ3n) is 1.28. The molecule has 1 radical (unpaired) electrons. The monoisotopic (exact) mass is 209 g/mol. The van der Waals surface area contributed by atoms with Crippen LogP contribution in [0.25, 0.3) is 0 Å². The maximum atomic E-state index is 4.82. The van der Waals surface area contributed by atoms with E-state index in [0.717, 1.165) is 11.1 Å². The highest BCUT2D eigenvalue weighted by atomic mass is 79.9. The van der Waals surface area contributed by atoms with Gasteiger partial charge in [-0.15, -0.1) is 0 Å². The van der Waals surface area contributed by atoms with E-state index >= 15 is 0 Å². The smallest absolute Gasteiger partial charge is 0.00369 e. The fraction of sp³-hybridized carbons (Fsp3) is 1.00. The van der Waals surface area contributed by atoms with E-state index < -0.39 is 0 Å². The van der Waals surface area contributed by atoms with Crippen LogP contribution in [-0.4, -0.2) is 11.1 Å². The van der Waals surface area contributed by atoms with Crippen molar-refractivity contribution >= 4 is 28.6 Å². The van der Waals surface area contributed by atoms with E-state index in [2.05, 4.69) is 15.9 Å². The molecule has 0 aliphatic carbocycles. The SMILES string of the molecule is [S]CCCCCCCBr. The van der Waals surface area contributed by atoms with Crippen LogP contribution in [0.3, 0.4) is 0 Å². The Morgan fingerprint density at radius 2 is 1.44 bits per heavy atom. The molecule has 9 heavy (non-hydrogen) atoms. The van der Waals surface area contributed by atoms with Crippen molar-refractivity contribution < 1.29 is 0 Å². The quantitative estimate of drug-likeness (QED) is 0.464. The Kier molecular flexibility index (Phi) is 9.64. The van der Waals surface area contributed by atoms with Crippen LogP contribution >= 0.6 is 28.6 Å². The number of hydrogen-bond donors (Lipinski definition) is 0. The average molecular weight is 210 g/mol. The number of alkyl halides is 1. The fourth-order valence-corrected chi connectivity index (χ4v) is 1.33. The largest absolute Gasteiger partial charge is 0.0942 e. The molecular formula is C7H14BrS. The van der Waals surface area contributed by atoms with E-state index in [0.29, 0.717) is 0 Å². The first-order chi connectivity index (χ1) is 4.41. The first kappa shape index (κ1) is 9.83. The summed E-state index contributed by atoms with van der Waals surface area (Å²) in [7, 11) is 0. The second kappa shape index (κ2) is 8.83. The van der Waals surface area contributed by atoms with Gasteiger partial charge in [0.2, 0.25) is 0 Å². The van der Waals surface area contributed by atoms with Crippen molar-refractivity contribution in [3.05, 3.63) is 0 Å². The van der Waals surface area contributed by atoms with Crippen LogP contribution in [0, 0.1) is 0 Å². The lowest BCUT2D eigenvalue weighted by Gasteiger charge is -1.95. The summed E-state index contributed by atoms with van der Waals surface area (Å²) in [5, 5.41) is 1.15. The molecule has 0 heterocycles. The summed E-state index contributed by atoms with van der Waals surface area (Å²) < 4.78 is 0. The van der Waals surface area contributed by atoms with Crippen molar-refractivity contribution in [2.75, 3.05) is 11.1 Å². The Bertz CT molecular complexity index is 42.2. The third kappa shape index (κ3) is 8.83. The molecule has 0 aliphatic heterocycles. The lowest BCUT2D eigenvalue weighted by Crippen LogP contribution is -1.79. The maximum absolute atomic E-state index is 4.82. The Morgan fingerprint density at radius 3 is 2.00 bits per heavy atom. The van der Waals surface area contributed by atoms with Crippen LogP contribution in [0.1, 0.15) is 32.1 Å². The maximum Gasteiger partial charge on any atom is 0.00369 e. The molecule has 0 saturated heterocycles. The number of unbranched alkanes of at least 4 members (excludes halogenated alkanes) is 4.